The molecule has 10 heteroatoms. The number of halogens is 2. The third-order valence-corrected chi connectivity index (χ3v) is 6.96. The van der Waals surface area contributed by atoms with Gasteiger partial charge in [-0.2, -0.15) is 0 Å². The Hall–Kier alpha value is -4.02. The number of aliphatic hydroxyl groups is 1. The van der Waals surface area contributed by atoms with Gasteiger partial charge in [-0.15, -0.1) is 0 Å². The highest BCUT2D eigenvalue weighted by Crippen LogP contribution is 2.36. The van der Waals surface area contributed by atoms with E-state index >= 15 is 0 Å². The Morgan fingerprint density at radius 2 is 1.62 bits per heavy atom. The maximum atomic E-state index is 14.7. The first kappa shape index (κ1) is 26.6. The molecule has 0 unspecified atom stereocenters. The van der Waals surface area contributed by atoms with Crippen LogP contribution in [0.25, 0.3) is 11.1 Å². The monoisotopic (exact) mass is 537 g/mol. The first-order chi connectivity index (χ1) is 18.9. The Morgan fingerprint density at radius 1 is 0.974 bits per heavy atom. The smallest absolute Gasteiger partial charge is 0.274 e. The number of rotatable bonds is 8. The highest BCUT2D eigenvalue weighted by molar-refractivity contribution is 6.45. The van der Waals surface area contributed by atoms with E-state index < -0.39 is 23.9 Å². The van der Waals surface area contributed by atoms with Gasteiger partial charge in [0.15, 0.2) is 23.0 Å². The van der Waals surface area contributed by atoms with E-state index in [2.05, 4.69) is 15.4 Å². The van der Waals surface area contributed by atoms with Crippen LogP contribution in [0.15, 0.2) is 65.8 Å². The first-order valence-electron chi connectivity index (χ1n) is 12.8. The van der Waals surface area contributed by atoms with Crippen molar-refractivity contribution >= 4 is 11.6 Å². The van der Waals surface area contributed by atoms with Crippen molar-refractivity contribution in [1.82, 2.24) is 10.2 Å². The minimum Gasteiger partial charge on any atom is -0.486 e. The average Bonchev–Trinajstić information content (AvgIpc) is 3.47. The number of hydrogen-bond donors (Lipinski definition) is 3. The van der Waals surface area contributed by atoms with Crippen LogP contribution in [0, 0.1) is 11.6 Å². The van der Waals surface area contributed by atoms with Gasteiger partial charge in [-0.1, -0.05) is 41.6 Å². The van der Waals surface area contributed by atoms with Crippen LogP contribution in [0.1, 0.15) is 30.1 Å². The van der Waals surface area contributed by atoms with Crippen LogP contribution in [0.2, 0.25) is 0 Å². The number of amides is 1. The molecule has 0 aromatic heterocycles. The maximum Gasteiger partial charge on any atom is 0.274 e. The summed E-state index contributed by atoms with van der Waals surface area (Å²) in [5.74, 6) is -1.51. The highest BCUT2D eigenvalue weighted by Gasteiger charge is 2.30. The molecule has 1 fully saturated rings. The fourth-order valence-corrected chi connectivity index (χ4v) is 4.94. The second kappa shape index (κ2) is 11.8. The summed E-state index contributed by atoms with van der Waals surface area (Å²) < 4.78 is 38.8. The number of benzene rings is 3. The van der Waals surface area contributed by atoms with Gasteiger partial charge in [0, 0.05) is 12.1 Å². The minimum absolute atomic E-state index is 0.00360. The SMILES string of the molecule is O=C(N[C@H](CN1CCCC1)[C@@H](O)c1cc(F)c2c(c1)OCCO2)/C(=N/O)c1ccc(-c2ccc(F)cc2)cc1. The maximum absolute atomic E-state index is 14.7. The van der Waals surface area contributed by atoms with Crippen molar-refractivity contribution < 1.29 is 33.4 Å². The van der Waals surface area contributed by atoms with Crippen LogP contribution in [0.3, 0.4) is 0 Å². The van der Waals surface area contributed by atoms with Crippen molar-refractivity contribution in [2.45, 2.75) is 25.0 Å². The molecule has 39 heavy (non-hydrogen) atoms. The molecular formula is C29H29F2N3O5. The summed E-state index contributed by atoms with van der Waals surface area (Å²) in [5, 5.41) is 27.0. The van der Waals surface area contributed by atoms with E-state index in [4.69, 9.17) is 9.47 Å². The second-order valence-electron chi connectivity index (χ2n) is 9.59. The number of hydrogen-bond acceptors (Lipinski definition) is 7. The van der Waals surface area contributed by atoms with E-state index in [1.165, 1.54) is 24.3 Å². The van der Waals surface area contributed by atoms with Crippen molar-refractivity contribution in [3.05, 3.63) is 83.4 Å². The Labute approximate surface area is 224 Å². The molecule has 204 valence electrons. The molecule has 2 aliphatic heterocycles. The molecule has 0 aliphatic carbocycles. The molecule has 5 rings (SSSR count). The number of carbonyl (C=O) groups excluding carboxylic acids is 1. The summed E-state index contributed by atoms with van der Waals surface area (Å²) in [6.07, 6.45) is 0.721. The lowest BCUT2D eigenvalue weighted by Gasteiger charge is -2.29. The van der Waals surface area contributed by atoms with Crippen LogP contribution >= 0.6 is 0 Å². The summed E-state index contributed by atoms with van der Waals surface area (Å²) in [5.41, 5.74) is 1.91. The molecule has 8 nitrogen and oxygen atoms in total. The fraction of sp³-hybridized carbons (Fsp3) is 0.310. The number of nitrogens with one attached hydrogen (secondary N) is 1. The van der Waals surface area contributed by atoms with E-state index in [1.54, 1.807) is 36.4 Å². The largest absolute Gasteiger partial charge is 0.486 e. The van der Waals surface area contributed by atoms with Crippen molar-refractivity contribution in [2.75, 3.05) is 32.8 Å². The summed E-state index contributed by atoms with van der Waals surface area (Å²) in [6, 6.07) is 14.6. The molecule has 2 heterocycles. The first-order valence-corrected chi connectivity index (χ1v) is 12.8. The average molecular weight is 538 g/mol. The van der Waals surface area contributed by atoms with Gasteiger partial charge >= 0.3 is 0 Å². The molecule has 1 amide bonds. The molecule has 3 N–H and O–H groups in total. The van der Waals surface area contributed by atoms with Crippen LogP contribution in [-0.4, -0.2) is 65.7 Å². The van der Waals surface area contributed by atoms with Gasteiger partial charge in [-0.05, 0) is 66.9 Å². The zero-order valence-electron chi connectivity index (χ0n) is 21.1. The Morgan fingerprint density at radius 3 is 2.28 bits per heavy atom. The lowest BCUT2D eigenvalue weighted by Crippen LogP contribution is -2.49. The van der Waals surface area contributed by atoms with Gasteiger partial charge in [-0.3, -0.25) is 4.79 Å². The molecule has 3 aromatic rings. The second-order valence-corrected chi connectivity index (χ2v) is 9.59. The summed E-state index contributed by atoms with van der Waals surface area (Å²) in [6.45, 7) is 2.41. The number of oxime groups is 1. The molecule has 2 aliphatic rings. The minimum atomic E-state index is -1.28. The molecule has 0 spiro atoms. The normalized spacial score (nSPS) is 17.1. The lowest BCUT2D eigenvalue weighted by atomic mass is 9.99. The van der Waals surface area contributed by atoms with Crippen molar-refractivity contribution in [1.29, 1.82) is 0 Å². The molecule has 0 bridgehead atoms. The van der Waals surface area contributed by atoms with Crippen LogP contribution in [0.4, 0.5) is 8.78 Å². The molecule has 1 saturated heterocycles. The molecule has 3 aromatic carbocycles. The Bertz CT molecular complexity index is 1340. The molecular weight excluding hydrogens is 508 g/mol. The predicted molar refractivity (Wildman–Crippen MR) is 140 cm³/mol. The molecule has 2 atom stereocenters. The third-order valence-electron chi connectivity index (χ3n) is 6.96. The summed E-state index contributed by atoms with van der Waals surface area (Å²) >= 11 is 0. The van der Waals surface area contributed by atoms with Gasteiger partial charge in [0.25, 0.3) is 5.91 Å². The van der Waals surface area contributed by atoms with Gasteiger partial charge in [-0.25, -0.2) is 8.78 Å². The van der Waals surface area contributed by atoms with E-state index in [-0.39, 0.29) is 41.8 Å². The van der Waals surface area contributed by atoms with E-state index in [0.29, 0.717) is 12.1 Å². The number of fused-ring (bicyclic) bond motifs is 1. The van der Waals surface area contributed by atoms with Gasteiger partial charge in [0.05, 0.1) is 6.04 Å². The number of aliphatic hydroxyl groups excluding tert-OH is 1. The zero-order chi connectivity index (χ0) is 27.4. The number of likely N-dealkylation sites (tertiary alicyclic amines) is 1. The molecule has 0 radical (unpaired) electrons. The summed E-state index contributed by atoms with van der Waals surface area (Å²) in [4.78, 5) is 15.4. The van der Waals surface area contributed by atoms with Crippen LogP contribution < -0.4 is 14.8 Å². The zero-order valence-corrected chi connectivity index (χ0v) is 21.1. The fourth-order valence-electron chi connectivity index (χ4n) is 4.94. The van der Waals surface area contributed by atoms with E-state index in [1.807, 2.05) is 0 Å². The van der Waals surface area contributed by atoms with E-state index in [0.717, 1.165) is 37.1 Å². The summed E-state index contributed by atoms with van der Waals surface area (Å²) in [7, 11) is 0. The van der Waals surface area contributed by atoms with Gasteiger partial charge in [0.1, 0.15) is 25.1 Å². The highest BCUT2D eigenvalue weighted by atomic mass is 19.1. The van der Waals surface area contributed by atoms with Gasteiger partial charge in [0.2, 0.25) is 0 Å². The number of carbonyl (C=O) groups is 1. The molecule has 0 saturated carbocycles. The number of ether oxygens (including phenoxy) is 2. The third kappa shape index (κ3) is 6.02. The van der Waals surface area contributed by atoms with Crippen molar-refractivity contribution in [2.24, 2.45) is 5.16 Å². The van der Waals surface area contributed by atoms with Gasteiger partial charge < -0.3 is 30.0 Å². The number of nitrogens with zero attached hydrogens (tertiary/aromatic N) is 2. The topological polar surface area (TPSA) is 104 Å². The van der Waals surface area contributed by atoms with E-state index in [9.17, 15) is 23.9 Å². The van der Waals surface area contributed by atoms with Crippen molar-refractivity contribution in [3.63, 3.8) is 0 Å². The van der Waals surface area contributed by atoms with Crippen LogP contribution in [-0.2, 0) is 4.79 Å². The quantitative estimate of drug-likeness (QED) is 0.229. The predicted octanol–water partition coefficient (Wildman–Crippen LogP) is 3.90. The van der Waals surface area contributed by atoms with Crippen LogP contribution in [0.5, 0.6) is 11.5 Å². The standard InChI is InChI=1S/C29H29F2N3O5/c30-22-9-7-19(8-10-22)18-3-5-20(6-4-18)26(33-37)29(36)32-24(17-34-11-1-2-12-34)27(35)21-15-23(31)28-25(16-21)38-13-14-39-28/h3-10,15-16,24,27,35,37H,1-2,11-14,17H2,(H,32,36)/b33-26+/t24-,27+/m1/s1. The Kier molecular flexibility index (Phi) is 8.04. The lowest BCUT2D eigenvalue weighted by molar-refractivity contribution is -0.116. The Balaban J connectivity index is 1.36. The van der Waals surface area contributed by atoms with Crippen molar-refractivity contribution in [3.8, 4) is 22.6 Å².